The molecule has 0 saturated heterocycles. The van der Waals surface area contributed by atoms with Gasteiger partial charge in [0.25, 0.3) is 0 Å². The number of benzene rings is 1. The number of carbonyl (C=O) groups is 1. The molecule has 0 unspecified atom stereocenters. The monoisotopic (exact) mass is 202 g/mol. The van der Waals surface area contributed by atoms with E-state index >= 15 is 0 Å². The third kappa shape index (κ3) is 3.86. The van der Waals surface area contributed by atoms with Gasteiger partial charge in [0, 0.05) is 6.42 Å². The number of hydrogen-bond donors (Lipinski definition) is 0. The summed E-state index contributed by atoms with van der Waals surface area (Å²) in [5.41, 5.74) is 0.970. The second-order valence-electron chi connectivity index (χ2n) is 3.17. The smallest absolute Gasteiger partial charge is 0.149 e. The molecule has 0 amide bonds. The van der Waals surface area contributed by atoms with Gasteiger partial charge in [-0.05, 0) is 24.6 Å². The van der Waals surface area contributed by atoms with E-state index in [-0.39, 0.29) is 5.78 Å². The number of methoxy groups -OCH3 is 1. The van der Waals surface area contributed by atoms with Crippen LogP contribution in [-0.4, -0.2) is 12.9 Å². The summed E-state index contributed by atoms with van der Waals surface area (Å²) in [6.07, 6.45) is 0.750. The Balaban J connectivity index is 2.62. The van der Waals surface area contributed by atoms with Crippen LogP contribution in [0, 0.1) is 11.8 Å². The van der Waals surface area contributed by atoms with E-state index in [0.29, 0.717) is 12.8 Å². The van der Waals surface area contributed by atoms with Gasteiger partial charge >= 0.3 is 0 Å². The topological polar surface area (TPSA) is 26.3 Å². The molecule has 0 aliphatic heterocycles. The highest BCUT2D eigenvalue weighted by atomic mass is 16.5. The van der Waals surface area contributed by atoms with Crippen molar-refractivity contribution in [1.82, 2.24) is 0 Å². The molecule has 0 radical (unpaired) electrons. The Labute approximate surface area is 90.3 Å². The molecule has 0 atom stereocenters. The van der Waals surface area contributed by atoms with Gasteiger partial charge in [0.2, 0.25) is 0 Å². The molecular formula is C13H14O2. The van der Waals surface area contributed by atoms with E-state index < -0.39 is 0 Å². The standard InChI is InChI=1S/C13H14O2/c1-3-4-7-12(14)9-11-6-5-8-13(10-11)15-2/h5-6,8,10H,7,9H2,1-2H3. The zero-order valence-corrected chi connectivity index (χ0v) is 9.04. The first-order valence-corrected chi connectivity index (χ1v) is 4.80. The van der Waals surface area contributed by atoms with Crippen molar-refractivity contribution in [3.63, 3.8) is 0 Å². The summed E-state index contributed by atoms with van der Waals surface area (Å²) < 4.78 is 5.08. The fourth-order valence-corrected chi connectivity index (χ4v) is 1.26. The lowest BCUT2D eigenvalue weighted by molar-refractivity contribution is -0.117. The zero-order chi connectivity index (χ0) is 11.1. The van der Waals surface area contributed by atoms with E-state index in [1.807, 2.05) is 24.3 Å². The summed E-state index contributed by atoms with van der Waals surface area (Å²) in [4.78, 5) is 11.4. The Morgan fingerprint density at radius 3 is 2.93 bits per heavy atom. The van der Waals surface area contributed by atoms with Crippen LogP contribution in [0.1, 0.15) is 18.9 Å². The van der Waals surface area contributed by atoms with Crippen molar-refractivity contribution in [2.24, 2.45) is 0 Å². The second kappa shape index (κ2) is 5.87. The normalized spacial score (nSPS) is 8.93. The second-order valence-corrected chi connectivity index (χ2v) is 3.17. The molecule has 0 saturated carbocycles. The third-order valence-corrected chi connectivity index (χ3v) is 2.00. The quantitative estimate of drug-likeness (QED) is 0.700. The van der Waals surface area contributed by atoms with Gasteiger partial charge in [-0.15, -0.1) is 5.92 Å². The molecule has 0 aliphatic rings. The number of Topliss-reactive ketones (excluding diaryl/α,β-unsaturated/α-hetero) is 1. The van der Waals surface area contributed by atoms with E-state index in [1.54, 1.807) is 14.0 Å². The van der Waals surface area contributed by atoms with Crippen molar-refractivity contribution >= 4 is 5.78 Å². The van der Waals surface area contributed by atoms with Crippen molar-refractivity contribution in [3.8, 4) is 17.6 Å². The molecule has 0 bridgehead atoms. The molecule has 0 N–H and O–H groups in total. The van der Waals surface area contributed by atoms with Crippen molar-refractivity contribution in [2.45, 2.75) is 19.8 Å². The Morgan fingerprint density at radius 2 is 2.27 bits per heavy atom. The Hall–Kier alpha value is -1.75. The molecule has 0 aromatic heterocycles. The highest BCUT2D eigenvalue weighted by molar-refractivity contribution is 5.83. The minimum absolute atomic E-state index is 0.137. The lowest BCUT2D eigenvalue weighted by atomic mass is 10.1. The van der Waals surface area contributed by atoms with Crippen LogP contribution in [0.25, 0.3) is 0 Å². The molecule has 0 spiro atoms. The number of ketones is 1. The van der Waals surface area contributed by atoms with Crippen LogP contribution in [0.3, 0.4) is 0 Å². The van der Waals surface area contributed by atoms with Gasteiger partial charge < -0.3 is 4.74 Å². The van der Waals surface area contributed by atoms with Crippen LogP contribution < -0.4 is 4.74 Å². The largest absolute Gasteiger partial charge is 0.497 e. The molecular weight excluding hydrogens is 188 g/mol. The van der Waals surface area contributed by atoms with Crippen LogP contribution in [0.5, 0.6) is 5.75 Å². The maximum atomic E-state index is 11.4. The molecule has 0 fully saturated rings. The highest BCUT2D eigenvalue weighted by Crippen LogP contribution is 2.13. The van der Waals surface area contributed by atoms with Crippen LogP contribution in [-0.2, 0) is 11.2 Å². The molecule has 1 aromatic rings. The van der Waals surface area contributed by atoms with Gasteiger partial charge in [-0.2, -0.15) is 0 Å². The first-order valence-electron chi connectivity index (χ1n) is 4.80. The molecule has 1 aromatic carbocycles. The summed E-state index contributed by atoms with van der Waals surface area (Å²) in [6, 6.07) is 7.53. The summed E-state index contributed by atoms with van der Waals surface area (Å²) >= 11 is 0. The molecule has 2 heteroatoms. The summed E-state index contributed by atoms with van der Waals surface area (Å²) in [5.74, 6) is 6.39. The average Bonchev–Trinajstić information content (AvgIpc) is 2.26. The van der Waals surface area contributed by atoms with E-state index in [2.05, 4.69) is 11.8 Å². The van der Waals surface area contributed by atoms with Gasteiger partial charge in [0.1, 0.15) is 11.5 Å². The van der Waals surface area contributed by atoms with Crippen molar-refractivity contribution in [2.75, 3.05) is 7.11 Å². The summed E-state index contributed by atoms with van der Waals surface area (Å²) in [6.45, 7) is 1.73. The molecule has 78 valence electrons. The first kappa shape index (κ1) is 11.3. The van der Waals surface area contributed by atoms with Gasteiger partial charge in [-0.1, -0.05) is 18.1 Å². The Kier molecular flexibility index (Phi) is 4.43. The van der Waals surface area contributed by atoms with E-state index in [1.165, 1.54) is 0 Å². The molecule has 0 heterocycles. The molecule has 2 nitrogen and oxygen atoms in total. The van der Waals surface area contributed by atoms with Crippen LogP contribution in [0.15, 0.2) is 24.3 Å². The predicted octanol–water partition coefficient (Wildman–Crippen LogP) is 2.22. The predicted molar refractivity (Wildman–Crippen MR) is 59.8 cm³/mol. The first-order chi connectivity index (χ1) is 7.26. The van der Waals surface area contributed by atoms with Gasteiger partial charge in [-0.3, -0.25) is 4.79 Å². The fraction of sp³-hybridized carbons (Fsp3) is 0.308. The maximum Gasteiger partial charge on any atom is 0.149 e. The van der Waals surface area contributed by atoms with Crippen LogP contribution in [0.4, 0.5) is 0 Å². The number of hydrogen-bond acceptors (Lipinski definition) is 2. The lowest BCUT2D eigenvalue weighted by Crippen LogP contribution is -2.01. The van der Waals surface area contributed by atoms with E-state index in [0.717, 1.165) is 11.3 Å². The summed E-state index contributed by atoms with van der Waals surface area (Å²) in [5, 5.41) is 0. The number of rotatable bonds is 4. The Bertz CT molecular complexity index is 396. The minimum atomic E-state index is 0.137. The third-order valence-electron chi connectivity index (χ3n) is 2.00. The molecule has 0 aliphatic carbocycles. The van der Waals surface area contributed by atoms with Crippen molar-refractivity contribution in [1.29, 1.82) is 0 Å². The van der Waals surface area contributed by atoms with Crippen LogP contribution >= 0.6 is 0 Å². The number of ether oxygens (including phenoxy) is 1. The van der Waals surface area contributed by atoms with Gasteiger partial charge in [0.15, 0.2) is 0 Å². The van der Waals surface area contributed by atoms with E-state index in [9.17, 15) is 4.79 Å². The van der Waals surface area contributed by atoms with E-state index in [4.69, 9.17) is 4.74 Å². The average molecular weight is 202 g/mol. The SMILES string of the molecule is CC#CCC(=O)Cc1cccc(OC)c1. The zero-order valence-electron chi connectivity index (χ0n) is 9.04. The lowest BCUT2D eigenvalue weighted by Gasteiger charge is -2.02. The summed E-state index contributed by atoms with van der Waals surface area (Å²) in [7, 11) is 1.61. The molecule has 1 rings (SSSR count). The highest BCUT2D eigenvalue weighted by Gasteiger charge is 2.02. The maximum absolute atomic E-state index is 11.4. The van der Waals surface area contributed by atoms with Crippen molar-refractivity contribution < 1.29 is 9.53 Å². The van der Waals surface area contributed by atoms with Crippen LogP contribution in [0.2, 0.25) is 0 Å². The molecule has 15 heavy (non-hydrogen) atoms. The Morgan fingerprint density at radius 1 is 1.47 bits per heavy atom. The van der Waals surface area contributed by atoms with Crippen molar-refractivity contribution in [3.05, 3.63) is 29.8 Å². The number of carbonyl (C=O) groups excluding carboxylic acids is 1. The minimum Gasteiger partial charge on any atom is -0.497 e. The van der Waals surface area contributed by atoms with Gasteiger partial charge in [0.05, 0.1) is 13.5 Å². The van der Waals surface area contributed by atoms with Gasteiger partial charge in [-0.25, -0.2) is 0 Å². The fourth-order valence-electron chi connectivity index (χ4n) is 1.26.